The Morgan fingerprint density at radius 1 is 1.17 bits per heavy atom. The van der Waals surface area contributed by atoms with Gasteiger partial charge in [-0.05, 0) is 31.2 Å². The average Bonchev–Trinajstić information content (AvgIpc) is 2.74. The average molecular weight is 402 g/mol. The van der Waals surface area contributed by atoms with Gasteiger partial charge in [-0.1, -0.05) is 13.0 Å². The summed E-state index contributed by atoms with van der Waals surface area (Å²) in [7, 11) is 1.62. The highest BCUT2D eigenvalue weighted by molar-refractivity contribution is 5.50. The van der Waals surface area contributed by atoms with E-state index >= 15 is 0 Å². The number of ether oxygens (including phenoxy) is 4. The molecule has 1 heterocycles. The quantitative estimate of drug-likeness (QED) is 0.465. The van der Waals surface area contributed by atoms with E-state index in [1.807, 2.05) is 25.1 Å². The molecule has 156 valence electrons. The molecule has 0 aromatic heterocycles. The Hall–Kier alpha value is -2.84. The van der Waals surface area contributed by atoms with Crippen LogP contribution in [-0.4, -0.2) is 36.9 Å². The first kappa shape index (κ1) is 20.9. The lowest BCUT2D eigenvalue weighted by atomic mass is 10.1. The van der Waals surface area contributed by atoms with Crippen LogP contribution in [0.15, 0.2) is 30.3 Å². The van der Waals surface area contributed by atoms with Gasteiger partial charge < -0.3 is 18.9 Å². The summed E-state index contributed by atoms with van der Waals surface area (Å²) in [6, 6.07) is 8.97. The number of nitrogens with zero attached hydrogens (tertiary/aromatic N) is 2. The molecule has 0 saturated carbocycles. The highest BCUT2D eigenvalue weighted by atomic mass is 16.7. The number of hydrogen-bond acceptors (Lipinski definition) is 7. The third kappa shape index (κ3) is 4.96. The number of benzene rings is 2. The Morgan fingerprint density at radius 2 is 2.00 bits per heavy atom. The van der Waals surface area contributed by atoms with Crippen molar-refractivity contribution in [2.75, 3.05) is 27.1 Å². The molecule has 29 heavy (non-hydrogen) atoms. The number of nitro benzene ring substituents is 1. The van der Waals surface area contributed by atoms with Crippen molar-refractivity contribution in [2.45, 2.75) is 33.5 Å². The summed E-state index contributed by atoms with van der Waals surface area (Å²) < 4.78 is 22.0. The molecule has 0 spiro atoms. The SMILES string of the molecule is CCOc1ccc(CN(CC)Cc2cc([N+](=O)[O-])cc3c2OCOC3)cc1OC. The molecule has 2 aromatic rings. The third-order valence-electron chi connectivity index (χ3n) is 4.76. The molecule has 0 aliphatic carbocycles. The minimum atomic E-state index is -0.383. The molecule has 1 aliphatic rings. The van der Waals surface area contributed by atoms with Crippen LogP contribution < -0.4 is 14.2 Å². The zero-order valence-electron chi connectivity index (χ0n) is 17.0. The Bertz CT molecular complexity index is 870. The van der Waals surface area contributed by atoms with Crippen LogP contribution in [0.25, 0.3) is 0 Å². The van der Waals surface area contributed by atoms with Crippen molar-refractivity contribution in [3.05, 3.63) is 57.1 Å². The molecular formula is C21H26N2O6. The van der Waals surface area contributed by atoms with E-state index in [9.17, 15) is 10.1 Å². The van der Waals surface area contributed by atoms with Crippen LogP contribution in [0.2, 0.25) is 0 Å². The summed E-state index contributed by atoms with van der Waals surface area (Å²) in [4.78, 5) is 13.1. The molecule has 0 saturated heterocycles. The van der Waals surface area contributed by atoms with Crippen molar-refractivity contribution >= 4 is 5.69 Å². The second-order valence-corrected chi connectivity index (χ2v) is 6.68. The van der Waals surface area contributed by atoms with Crippen LogP contribution in [0.5, 0.6) is 17.2 Å². The molecule has 8 nitrogen and oxygen atoms in total. The van der Waals surface area contributed by atoms with Crippen molar-refractivity contribution in [1.29, 1.82) is 0 Å². The summed E-state index contributed by atoms with van der Waals surface area (Å²) in [6.45, 7) is 6.97. The maximum atomic E-state index is 11.3. The minimum absolute atomic E-state index is 0.0478. The zero-order chi connectivity index (χ0) is 20.8. The van der Waals surface area contributed by atoms with Gasteiger partial charge in [-0.15, -0.1) is 0 Å². The minimum Gasteiger partial charge on any atom is -0.493 e. The van der Waals surface area contributed by atoms with Gasteiger partial charge in [0.05, 0.1) is 25.2 Å². The molecular weight excluding hydrogens is 376 g/mol. The maximum absolute atomic E-state index is 11.3. The lowest BCUT2D eigenvalue weighted by molar-refractivity contribution is -0.385. The molecule has 1 aliphatic heterocycles. The van der Waals surface area contributed by atoms with E-state index in [0.29, 0.717) is 49.1 Å². The fourth-order valence-electron chi connectivity index (χ4n) is 3.37. The van der Waals surface area contributed by atoms with Crippen molar-refractivity contribution in [2.24, 2.45) is 0 Å². The smallest absolute Gasteiger partial charge is 0.270 e. The summed E-state index contributed by atoms with van der Waals surface area (Å²) in [6.07, 6.45) is 0. The first-order valence-corrected chi connectivity index (χ1v) is 9.58. The van der Waals surface area contributed by atoms with Gasteiger partial charge in [0, 0.05) is 36.3 Å². The van der Waals surface area contributed by atoms with Crippen LogP contribution in [0.4, 0.5) is 5.69 Å². The zero-order valence-corrected chi connectivity index (χ0v) is 17.0. The Kier molecular flexibility index (Phi) is 6.90. The summed E-state index contributed by atoms with van der Waals surface area (Å²) >= 11 is 0. The molecule has 0 atom stereocenters. The molecule has 3 rings (SSSR count). The van der Waals surface area contributed by atoms with E-state index in [1.54, 1.807) is 13.2 Å². The van der Waals surface area contributed by atoms with Crippen molar-refractivity contribution in [1.82, 2.24) is 4.90 Å². The fourth-order valence-corrected chi connectivity index (χ4v) is 3.37. The molecule has 0 radical (unpaired) electrons. The largest absolute Gasteiger partial charge is 0.493 e. The van der Waals surface area contributed by atoms with Gasteiger partial charge in [0.15, 0.2) is 18.3 Å². The van der Waals surface area contributed by atoms with Crippen LogP contribution in [0, 0.1) is 10.1 Å². The molecule has 0 bridgehead atoms. The predicted octanol–water partition coefficient (Wildman–Crippen LogP) is 3.89. The Labute approximate surface area is 170 Å². The monoisotopic (exact) mass is 402 g/mol. The Morgan fingerprint density at radius 3 is 2.69 bits per heavy atom. The normalized spacial score (nSPS) is 13.0. The second kappa shape index (κ2) is 9.58. The van der Waals surface area contributed by atoms with Crippen LogP contribution in [0.3, 0.4) is 0 Å². The van der Waals surface area contributed by atoms with Gasteiger partial charge in [-0.25, -0.2) is 0 Å². The fraction of sp³-hybridized carbons (Fsp3) is 0.429. The predicted molar refractivity (Wildman–Crippen MR) is 107 cm³/mol. The van der Waals surface area contributed by atoms with E-state index in [-0.39, 0.29) is 17.4 Å². The van der Waals surface area contributed by atoms with Crippen LogP contribution in [-0.2, 0) is 24.4 Å². The number of rotatable bonds is 9. The standard InChI is InChI=1S/C21H26N2O6/c1-4-22(11-15-6-7-19(28-5-2)20(8-15)26-3)12-16-9-18(23(24)25)10-17-13-27-14-29-21(16)17/h6-10H,4-5,11-14H2,1-3H3. The Balaban J connectivity index is 1.83. The van der Waals surface area contributed by atoms with Crippen molar-refractivity contribution in [3.63, 3.8) is 0 Å². The van der Waals surface area contributed by atoms with Crippen LogP contribution >= 0.6 is 0 Å². The number of non-ortho nitro benzene ring substituents is 1. The van der Waals surface area contributed by atoms with Gasteiger partial charge >= 0.3 is 0 Å². The first-order valence-electron chi connectivity index (χ1n) is 9.58. The van der Waals surface area contributed by atoms with Gasteiger partial charge in [-0.3, -0.25) is 15.0 Å². The van der Waals surface area contributed by atoms with Gasteiger partial charge in [0.25, 0.3) is 5.69 Å². The van der Waals surface area contributed by atoms with E-state index in [1.165, 1.54) is 6.07 Å². The van der Waals surface area contributed by atoms with Gasteiger partial charge in [0.1, 0.15) is 5.75 Å². The molecule has 0 unspecified atom stereocenters. The molecule has 8 heteroatoms. The highest BCUT2D eigenvalue weighted by Crippen LogP contribution is 2.34. The number of nitro groups is 1. The second-order valence-electron chi connectivity index (χ2n) is 6.68. The maximum Gasteiger partial charge on any atom is 0.270 e. The van der Waals surface area contributed by atoms with E-state index in [4.69, 9.17) is 18.9 Å². The van der Waals surface area contributed by atoms with Crippen molar-refractivity contribution < 1.29 is 23.9 Å². The number of methoxy groups -OCH3 is 1. The number of fused-ring (bicyclic) bond motifs is 1. The van der Waals surface area contributed by atoms with E-state index in [0.717, 1.165) is 17.7 Å². The molecule has 0 fully saturated rings. The number of hydrogen-bond donors (Lipinski definition) is 0. The van der Waals surface area contributed by atoms with Crippen molar-refractivity contribution in [3.8, 4) is 17.2 Å². The van der Waals surface area contributed by atoms with Gasteiger partial charge in [0.2, 0.25) is 0 Å². The van der Waals surface area contributed by atoms with Crippen LogP contribution in [0.1, 0.15) is 30.5 Å². The summed E-state index contributed by atoms with van der Waals surface area (Å²) in [5.74, 6) is 2.08. The van der Waals surface area contributed by atoms with Gasteiger partial charge in [-0.2, -0.15) is 0 Å². The third-order valence-corrected chi connectivity index (χ3v) is 4.76. The molecule has 0 N–H and O–H groups in total. The highest BCUT2D eigenvalue weighted by Gasteiger charge is 2.22. The summed E-state index contributed by atoms with van der Waals surface area (Å²) in [5.41, 5.74) is 2.61. The topological polar surface area (TPSA) is 83.3 Å². The molecule has 0 amide bonds. The first-order chi connectivity index (χ1) is 14.0. The lowest BCUT2D eigenvalue weighted by Gasteiger charge is -2.25. The van der Waals surface area contributed by atoms with E-state index in [2.05, 4.69) is 11.8 Å². The van der Waals surface area contributed by atoms with E-state index < -0.39 is 0 Å². The lowest BCUT2D eigenvalue weighted by Crippen LogP contribution is -2.24. The summed E-state index contributed by atoms with van der Waals surface area (Å²) in [5, 5.41) is 11.3. The molecule has 2 aromatic carbocycles.